The zero-order valence-corrected chi connectivity index (χ0v) is 8.08. The van der Waals surface area contributed by atoms with Gasteiger partial charge in [-0.2, -0.15) is 5.26 Å². The first-order valence-electron chi connectivity index (χ1n) is 4.75. The molecule has 0 aliphatic heterocycles. The molecule has 2 nitrogen and oxygen atoms in total. The summed E-state index contributed by atoms with van der Waals surface area (Å²) in [6, 6.07) is 7.87. The van der Waals surface area contributed by atoms with Gasteiger partial charge in [0.2, 0.25) is 0 Å². The lowest BCUT2D eigenvalue weighted by Crippen LogP contribution is -2.21. The summed E-state index contributed by atoms with van der Waals surface area (Å²) in [6.45, 7) is 2.02. The Morgan fingerprint density at radius 1 is 1.50 bits per heavy atom. The third-order valence-corrected chi connectivity index (χ3v) is 2.70. The molecule has 1 unspecified atom stereocenters. The number of nitrogens with zero attached hydrogens (tertiary/aromatic N) is 1. The Hall–Kier alpha value is -1.62. The monoisotopic (exact) mass is 185 g/mol. The molecular formula is C12H11NO. The molecule has 0 heterocycles. The van der Waals surface area contributed by atoms with Crippen LogP contribution >= 0.6 is 0 Å². The number of ketones is 1. The molecule has 0 spiro atoms. The summed E-state index contributed by atoms with van der Waals surface area (Å²) in [5.41, 5.74) is 3.02. The number of Topliss-reactive ketones (excluding diaryl/α,β-unsaturated/α-hetero) is 1. The van der Waals surface area contributed by atoms with Crippen LogP contribution in [0.3, 0.4) is 0 Å². The van der Waals surface area contributed by atoms with Crippen molar-refractivity contribution in [3.63, 3.8) is 0 Å². The molecule has 0 aromatic heterocycles. The predicted octanol–water partition coefficient (Wildman–Crippen LogP) is 2.26. The molecule has 0 bridgehead atoms. The molecule has 1 aromatic rings. The van der Waals surface area contributed by atoms with Gasteiger partial charge in [-0.15, -0.1) is 0 Å². The Bertz CT molecular complexity index is 428. The van der Waals surface area contributed by atoms with E-state index in [1.165, 1.54) is 5.56 Å². The summed E-state index contributed by atoms with van der Waals surface area (Å²) in [5.74, 6) is -0.432. The normalized spacial score (nSPS) is 20.0. The van der Waals surface area contributed by atoms with Crippen molar-refractivity contribution in [1.82, 2.24) is 0 Å². The van der Waals surface area contributed by atoms with Crippen LogP contribution in [-0.4, -0.2) is 5.78 Å². The fraction of sp³-hybridized carbons (Fsp3) is 0.333. The van der Waals surface area contributed by atoms with Gasteiger partial charge in [-0.25, -0.2) is 0 Å². The maximum absolute atomic E-state index is 11.7. The van der Waals surface area contributed by atoms with Crippen molar-refractivity contribution in [3.8, 4) is 6.07 Å². The highest BCUT2D eigenvalue weighted by atomic mass is 16.1. The fourth-order valence-electron chi connectivity index (χ4n) is 1.91. The second-order valence-electron chi connectivity index (χ2n) is 3.75. The smallest absolute Gasteiger partial charge is 0.180 e. The number of carbonyl (C=O) groups excluding carboxylic acids is 1. The maximum atomic E-state index is 11.7. The van der Waals surface area contributed by atoms with E-state index in [9.17, 15) is 4.79 Å². The van der Waals surface area contributed by atoms with E-state index >= 15 is 0 Å². The van der Waals surface area contributed by atoms with E-state index in [4.69, 9.17) is 5.26 Å². The molecule has 2 heteroatoms. The first kappa shape index (κ1) is 8.96. The summed E-state index contributed by atoms with van der Waals surface area (Å²) >= 11 is 0. The van der Waals surface area contributed by atoms with Gasteiger partial charge >= 0.3 is 0 Å². The van der Waals surface area contributed by atoms with Gasteiger partial charge in [0.15, 0.2) is 5.78 Å². The lowest BCUT2D eigenvalue weighted by molar-refractivity contribution is 0.0934. The summed E-state index contributed by atoms with van der Waals surface area (Å²) in [6.07, 6.45) is 1.52. The average molecular weight is 185 g/mol. The van der Waals surface area contributed by atoms with Crippen molar-refractivity contribution in [3.05, 3.63) is 34.9 Å². The first-order chi connectivity index (χ1) is 6.72. The lowest BCUT2D eigenvalue weighted by Gasteiger charge is -2.18. The highest BCUT2D eigenvalue weighted by molar-refractivity contribution is 6.01. The van der Waals surface area contributed by atoms with Crippen LogP contribution in [0.25, 0.3) is 0 Å². The van der Waals surface area contributed by atoms with Crippen LogP contribution < -0.4 is 0 Å². The second-order valence-corrected chi connectivity index (χ2v) is 3.75. The standard InChI is InChI=1S/C12H11NO/c1-8-2-5-11-9(6-8)3-4-10(7-13)12(11)14/h2,5-6,10H,3-4H2,1H3. The molecule has 0 amide bonds. The van der Waals surface area contributed by atoms with Crippen LogP contribution in [0.1, 0.15) is 27.9 Å². The third-order valence-electron chi connectivity index (χ3n) is 2.70. The zero-order valence-electron chi connectivity index (χ0n) is 8.08. The van der Waals surface area contributed by atoms with E-state index in [1.807, 2.05) is 25.1 Å². The molecule has 2 rings (SSSR count). The highest BCUT2D eigenvalue weighted by Crippen LogP contribution is 2.25. The van der Waals surface area contributed by atoms with Crippen molar-refractivity contribution in [2.24, 2.45) is 5.92 Å². The van der Waals surface area contributed by atoms with Gasteiger partial charge in [-0.1, -0.05) is 23.8 Å². The minimum absolute atomic E-state index is 0.00579. The van der Waals surface area contributed by atoms with E-state index in [2.05, 4.69) is 6.07 Å². The minimum Gasteiger partial charge on any atom is -0.293 e. The Morgan fingerprint density at radius 2 is 2.29 bits per heavy atom. The third kappa shape index (κ3) is 1.31. The molecule has 0 saturated carbocycles. The number of rotatable bonds is 0. The van der Waals surface area contributed by atoms with E-state index in [1.54, 1.807) is 0 Å². The van der Waals surface area contributed by atoms with Crippen molar-refractivity contribution >= 4 is 5.78 Å². The molecule has 1 aliphatic rings. The topological polar surface area (TPSA) is 40.9 Å². The lowest BCUT2D eigenvalue weighted by atomic mass is 9.83. The molecule has 1 aromatic carbocycles. The van der Waals surface area contributed by atoms with Crippen molar-refractivity contribution < 1.29 is 4.79 Å². The highest BCUT2D eigenvalue weighted by Gasteiger charge is 2.26. The number of aryl methyl sites for hydroxylation is 2. The Kier molecular flexibility index (Phi) is 2.09. The van der Waals surface area contributed by atoms with Crippen LogP contribution in [-0.2, 0) is 6.42 Å². The van der Waals surface area contributed by atoms with Crippen LogP contribution in [0, 0.1) is 24.2 Å². The van der Waals surface area contributed by atoms with Gasteiger partial charge in [-0.3, -0.25) is 4.79 Å². The summed E-state index contributed by atoms with van der Waals surface area (Å²) in [4.78, 5) is 11.7. The molecule has 14 heavy (non-hydrogen) atoms. The number of fused-ring (bicyclic) bond motifs is 1. The Balaban J connectivity index is 2.47. The average Bonchev–Trinajstić information content (AvgIpc) is 2.18. The van der Waals surface area contributed by atoms with Crippen molar-refractivity contribution in [2.75, 3.05) is 0 Å². The Labute approximate surface area is 83.2 Å². The van der Waals surface area contributed by atoms with Crippen molar-refractivity contribution in [1.29, 1.82) is 5.26 Å². The number of nitriles is 1. The molecular weight excluding hydrogens is 174 g/mol. The van der Waals surface area contributed by atoms with Gasteiger partial charge in [0.25, 0.3) is 0 Å². The largest absolute Gasteiger partial charge is 0.293 e. The first-order valence-corrected chi connectivity index (χ1v) is 4.75. The summed E-state index contributed by atoms with van der Waals surface area (Å²) in [5, 5.41) is 8.77. The summed E-state index contributed by atoms with van der Waals surface area (Å²) in [7, 11) is 0. The van der Waals surface area contributed by atoms with Crippen LogP contribution in [0.5, 0.6) is 0 Å². The predicted molar refractivity (Wildman–Crippen MR) is 52.9 cm³/mol. The molecule has 0 radical (unpaired) electrons. The van der Waals surface area contributed by atoms with Gasteiger partial charge in [0, 0.05) is 5.56 Å². The zero-order chi connectivity index (χ0) is 10.1. The van der Waals surface area contributed by atoms with E-state index < -0.39 is 5.92 Å². The minimum atomic E-state index is -0.426. The fourth-order valence-corrected chi connectivity index (χ4v) is 1.91. The van der Waals surface area contributed by atoms with Gasteiger partial charge in [0.1, 0.15) is 5.92 Å². The van der Waals surface area contributed by atoms with Crippen molar-refractivity contribution in [2.45, 2.75) is 19.8 Å². The number of carbonyl (C=O) groups is 1. The van der Waals surface area contributed by atoms with E-state index in [0.717, 1.165) is 17.5 Å². The quantitative estimate of drug-likeness (QED) is 0.622. The van der Waals surface area contributed by atoms with Gasteiger partial charge in [-0.05, 0) is 25.3 Å². The molecule has 0 saturated heterocycles. The maximum Gasteiger partial charge on any atom is 0.180 e. The van der Waals surface area contributed by atoms with Gasteiger partial charge in [0.05, 0.1) is 6.07 Å². The molecule has 70 valence electrons. The number of hydrogen-bond donors (Lipinski definition) is 0. The molecule has 1 atom stereocenters. The summed E-state index contributed by atoms with van der Waals surface area (Å²) < 4.78 is 0. The second kappa shape index (κ2) is 3.26. The van der Waals surface area contributed by atoms with Crippen LogP contribution in [0.2, 0.25) is 0 Å². The molecule has 0 fully saturated rings. The van der Waals surface area contributed by atoms with Gasteiger partial charge < -0.3 is 0 Å². The molecule has 1 aliphatic carbocycles. The van der Waals surface area contributed by atoms with Crippen LogP contribution in [0.4, 0.5) is 0 Å². The van der Waals surface area contributed by atoms with E-state index in [0.29, 0.717) is 6.42 Å². The van der Waals surface area contributed by atoms with Crippen LogP contribution in [0.15, 0.2) is 18.2 Å². The molecule has 0 N–H and O–H groups in total. The van der Waals surface area contributed by atoms with E-state index in [-0.39, 0.29) is 5.78 Å². The number of benzene rings is 1. The number of hydrogen-bond acceptors (Lipinski definition) is 2. The Morgan fingerprint density at radius 3 is 3.00 bits per heavy atom. The SMILES string of the molecule is Cc1ccc2c(c1)CCC(C#N)C2=O.